The van der Waals surface area contributed by atoms with Crippen molar-refractivity contribution in [2.75, 3.05) is 19.8 Å². The Kier molecular flexibility index (Phi) is 10.4. The molecular weight excluding hydrogens is 458 g/mol. The van der Waals surface area contributed by atoms with E-state index < -0.39 is 11.9 Å². The molecule has 0 aromatic heterocycles. The van der Waals surface area contributed by atoms with E-state index in [1.165, 1.54) is 6.08 Å². The van der Waals surface area contributed by atoms with Crippen molar-refractivity contribution >= 4 is 29.6 Å². The molecule has 0 unspecified atom stereocenters. The lowest BCUT2D eigenvalue weighted by Crippen LogP contribution is -2.11. The van der Waals surface area contributed by atoms with E-state index in [-0.39, 0.29) is 24.4 Å². The van der Waals surface area contributed by atoms with Crippen molar-refractivity contribution in [2.45, 2.75) is 40.5 Å². The number of ether oxygens (including phenoxy) is 4. The van der Waals surface area contributed by atoms with Crippen molar-refractivity contribution in [3.8, 4) is 23.3 Å². The molecular formula is C26H28ClNO6. The highest BCUT2D eigenvalue weighted by Gasteiger charge is 2.14. The van der Waals surface area contributed by atoms with Crippen LogP contribution in [0.3, 0.4) is 0 Å². The Morgan fingerprint density at radius 1 is 1.03 bits per heavy atom. The maximum Gasteiger partial charge on any atom is 0.348 e. The first-order chi connectivity index (χ1) is 16.3. The molecule has 2 rings (SSSR count). The summed E-state index contributed by atoms with van der Waals surface area (Å²) in [7, 11) is 0. The Hall–Kier alpha value is -3.50. The van der Waals surface area contributed by atoms with Crippen molar-refractivity contribution < 1.29 is 28.5 Å². The molecule has 0 spiro atoms. The normalized spacial score (nSPS) is 10.9. The molecule has 0 N–H and O–H groups in total. The lowest BCUT2D eigenvalue weighted by atomic mass is 10.1. The maximum atomic E-state index is 12.3. The van der Waals surface area contributed by atoms with Crippen LogP contribution in [0.2, 0.25) is 5.02 Å². The fourth-order valence-corrected chi connectivity index (χ4v) is 3.16. The summed E-state index contributed by atoms with van der Waals surface area (Å²) in [5.74, 6) is 0.150. The second kappa shape index (κ2) is 13.3. The van der Waals surface area contributed by atoms with Crippen LogP contribution in [0.15, 0.2) is 35.9 Å². The summed E-state index contributed by atoms with van der Waals surface area (Å²) in [5, 5.41) is 9.92. The van der Waals surface area contributed by atoms with Crippen molar-refractivity contribution in [1.82, 2.24) is 0 Å². The number of hydrogen-bond acceptors (Lipinski definition) is 7. The van der Waals surface area contributed by atoms with Crippen molar-refractivity contribution in [3.05, 3.63) is 57.6 Å². The monoisotopic (exact) mass is 485 g/mol. The molecule has 0 aliphatic carbocycles. The second-order valence-electron chi connectivity index (χ2n) is 7.33. The summed E-state index contributed by atoms with van der Waals surface area (Å²) in [6.07, 6.45) is 2.01. The third kappa shape index (κ3) is 7.82. The lowest BCUT2D eigenvalue weighted by Gasteiger charge is -2.12. The molecule has 0 saturated carbocycles. The van der Waals surface area contributed by atoms with Gasteiger partial charge in [-0.25, -0.2) is 4.79 Å². The average Bonchev–Trinajstić information content (AvgIpc) is 2.80. The SMILES string of the molecule is CCOC(=O)/C(C#N)=C/c1ccc(OC(=O)CCCOc2cc(C)c(Cl)c(C)c2)c(OCC)c1. The Bertz CT molecular complexity index is 1080. The standard InChI is InChI=1S/C26H28ClNO6/c1-5-31-23-15-19(14-20(16-28)26(30)32-6-2)9-10-22(23)34-24(29)8-7-11-33-21-12-17(3)25(27)18(4)13-21/h9-10,12-15H,5-8,11H2,1-4H3/b20-14+. The van der Waals surface area contributed by atoms with E-state index in [4.69, 9.17) is 30.5 Å². The molecule has 0 aliphatic heterocycles. The molecule has 0 bridgehead atoms. The van der Waals surface area contributed by atoms with Crippen LogP contribution in [0.5, 0.6) is 17.2 Å². The van der Waals surface area contributed by atoms with Gasteiger partial charge in [0.2, 0.25) is 0 Å². The van der Waals surface area contributed by atoms with Gasteiger partial charge >= 0.3 is 11.9 Å². The van der Waals surface area contributed by atoms with Gasteiger partial charge in [0.15, 0.2) is 11.5 Å². The number of carbonyl (C=O) groups excluding carboxylic acids is 2. The summed E-state index contributed by atoms with van der Waals surface area (Å²) in [4.78, 5) is 24.2. The van der Waals surface area contributed by atoms with Crippen LogP contribution in [0.4, 0.5) is 0 Å². The number of halogens is 1. The van der Waals surface area contributed by atoms with Gasteiger partial charge in [0.05, 0.1) is 19.8 Å². The van der Waals surface area contributed by atoms with E-state index in [9.17, 15) is 14.9 Å². The Balaban J connectivity index is 1.99. The molecule has 0 atom stereocenters. The molecule has 34 heavy (non-hydrogen) atoms. The predicted octanol–water partition coefficient (Wildman–Crippen LogP) is 5.59. The number of benzene rings is 2. The van der Waals surface area contributed by atoms with E-state index >= 15 is 0 Å². The van der Waals surface area contributed by atoms with Crippen molar-refractivity contribution in [1.29, 1.82) is 5.26 Å². The molecule has 180 valence electrons. The summed E-state index contributed by atoms with van der Waals surface area (Å²) < 4.78 is 21.6. The third-order valence-electron chi connectivity index (χ3n) is 4.62. The molecule has 2 aromatic rings. The fraction of sp³-hybridized carbons (Fsp3) is 0.346. The van der Waals surface area contributed by atoms with Crippen LogP contribution in [0, 0.1) is 25.2 Å². The van der Waals surface area contributed by atoms with E-state index in [1.807, 2.05) is 32.0 Å². The average molecular weight is 486 g/mol. The number of esters is 2. The first-order valence-corrected chi connectivity index (χ1v) is 11.3. The van der Waals surface area contributed by atoms with E-state index in [0.29, 0.717) is 41.7 Å². The van der Waals surface area contributed by atoms with Crippen LogP contribution in [-0.2, 0) is 14.3 Å². The molecule has 7 nitrogen and oxygen atoms in total. The van der Waals surface area contributed by atoms with Crippen LogP contribution in [0.1, 0.15) is 43.4 Å². The highest BCUT2D eigenvalue weighted by atomic mass is 35.5. The van der Waals surface area contributed by atoms with Crippen molar-refractivity contribution in [2.24, 2.45) is 0 Å². The Labute approximate surface area is 204 Å². The highest BCUT2D eigenvalue weighted by molar-refractivity contribution is 6.32. The largest absolute Gasteiger partial charge is 0.494 e. The van der Waals surface area contributed by atoms with Crippen LogP contribution < -0.4 is 14.2 Å². The van der Waals surface area contributed by atoms with Gasteiger partial charge in [-0.05, 0) is 81.1 Å². The number of rotatable bonds is 11. The van der Waals surface area contributed by atoms with Gasteiger partial charge in [0.1, 0.15) is 17.4 Å². The number of nitrogens with zero attached hydrogens (tertiary/aromatic N) is 1. The molecule has 0 fully saturated rings. The number of nitriles is 1. The number of aryl methyl sites for hydroxylation is 2. The highest BCUT2D eigenvalue weighted by Crippen LogP contribution is 2.30. The maximum absolute atomic E-state index is 12.3. The second-order valence-corrected chi connectivity index (χ2v) is 7.70. The molecule has 0 heterocycles. The van der Waals surface area contributed by atoms with E-state index in [0.717, 1.165) is 11.1 Å². The third-order valence-corrected chi connectivity index (χ3v) is 5.22. The molecule has 0 amide bonds. The van der Waals surface area contributed by atoms with Gasteiger partial charge < -0.3 is 18.9 Å². The van der Waals surface area contributed by atoms with Crippen LogP contribution >= 0.6 is 11.6 Å². The summed E-state index contributed by atoms with van der Waals surface area (Å²) >= 11 is 6.17. The molecule has 0 saturated heterocycles. The predicted molar refractivity (Wildman–Crippen MR) is 129 cm³/mol. The Morgan fingerprint density at radius 2 is 1.74 bits per heavy atom. The fourth-order valence-electron chi connectivity index (χ4n) is 3.05. The lowest BCUT2D eigenvalue weighted by molar-refractivity contribution is -0.138. The zero-order chi connectivity index (χ0) is 25.1. The minimum Gasteiger partial charge on any atom is -0.494 e. The number of carbonyl (C=O) groups is 2. The minimum atomic E-state index is -0.704. The molecule has 0 aliphatic rings. The molecule has 2 aromatic carbocycles. The summed E-state index contributed by atoms with van der Waals surface area (Å²) in [6, 6.07) is 10.3. The quantitative estimate of drug-likeness (QED) is 0.134. The summed E-state index contributed by atoms with van der Waals surface area (Å²) in [5.41, 5.74) is 2.26. The van der Waals surface area contributed by atoms with Crippen LogP contribution in [0.25, 0.3) is 6.08 Å². The topological polar surface area (TPSA) is 94.9 Å². The first kappa shape index (κ1) is 26.7. The van der Waals surface area contributed by atoms with Gasteiger partial charge in [-0.3, -0.25) is 4.79 Å². The van der Waals surface area contributed by atoms with Gasteiger partial charge in [0.25, 0.3) is 0 Å². The smallest absolute Gasteiger partial charge is 0.348 e. The number of hydrogen-bond donors (Lipinski definition) is 0. The van der Waals surface area contributed by atoms with Gasteiger partial charge in [-0.2, -0.15) is 5.26 Å². The van der Waals surface area contributed by atoms with E-state index in [1.54, 1.807) is 32.0 Å². The first-order valence-electron chi connectivity index (χ1n) is 10.9. The van der Waals surface area contributed by atoms with Gasteiger partial charge in [-0.1, -0.05) is 17.7 Å². The van der Waals surface area contributed by atoms with E-state index in [2.05, 4.69) is 0 Å². The van der Waals surface area contributed by atoms with Crippen LogP contribution in [-0.4, -0.2) is 31.8 Å². The minimum absolute atomic E-state index is 0.139. The van der Waals surface area contributed by atoms with Gasteiger partial charge in [-0.15, -0.1) is 0 Å². The summed E-state index contributed by atoms with van der Waals surface area (Å²) in [6.45, 7) is 8.14. The zero-order valence-electron chi connectivity index (χ0n) is 19.8. The molecule has 8 heteroatoms. The van der Waals surface area contributed by atoms with Gasteiger partial charge in [0, 0.05) is 11.4 Å². The van der Waals surface area contributed by atoms with Crippen molar-refractivity contribution in [3.63, 3.8) is 0 Å². The molecule has 0 radical (unpaired) electrons. The Morgan fingerprint density at radius 3 is 2.35 bits per heavy atom. The zero-order valence-corrected chi connectivity index (χ0v) is 20.5.